The quantitative estimate of drug-likeness (QED) is 0.616. The van der Waals surface area contributed by atoms with E-state index in [9.17, 15) is 9.18 Å². The number of benzene rings is 1. The van der Waals surface area contributed by atoms with Gasteiger partial charge in [-0.1, -0.05) is 30.3 Å². The molecule has 66 valence electrons. The fourth-order valence-electron chi connectivity index (χ4n) is 1.21. The van der Waals surface area contributed by atoms with Crippen molar-refractivity contribution in [1.29, 1.82) is 0 Å². The molecule has 0 amide bonds. The predicted molar refractivity (Wildman–Crippen MR) is 44.5 cm³/mol. The van der Waals surface area contributed by atoms with Gasteiger partial charge in [-0.05, 0) is 5.56 Å². The molecule has 0 radical (unpaired) electrons. The number of halogens is 1. The Morgan fingerprint density at radius 2 is 1.92 bits per heavy atom. The number of carbonyl (C=O) groups is 1. The van der Waals surface area contributed by atoms with E-state index in [0.29, 0.717) is 0 Å². The maximum absolute atomic E-state index is 12.6. The van der Waals surface area contributed by atoms with Gasteiger partial charge in [-0.15, -0.1) is 0 Å². The zero-order valence-corrected chi connectivity index (χ0v) is 6.74. The average molecular weight is 178 g/mol. The number of carbonyl (C=O) groups excluding carboxylic acids is 1. The zero-order chi connectivity index (χ0) is 9.26. The summed E-state index contributed by atoms with van der Waals surface area (Å²) < 4.78 is 17.4. The molecule has 0 saturated carbocycles. The van der Waals surface area contributed by atoms with Crippen molar-refractivity contribution in [2.24, 2.45) is 0 Å². The first kappa shape index (κ1) is 7.98. The third kappa shape index (κ3) is 1.45. The van der Waals surface area contributed by atoms with Crippen LogP contribution in [0.3, 0.4) is 0 Å². The van der Waals surface area contributed by atoms with E-state index in [4.69, 9.17) is 4.74 Å². The molecule has 2 rings (SSSR count). The summed E-state index contributed by atoms with van der Waals surface area (Å²) >= 11 is 0. The van der Waals surface area contributed by atoms with Gasteiger partial charge < -0.3 is 4.74 Å². The number of hydrogen-bond acceptors (Lipinski definition) is 2. The zero-order valence-electron chi connectivity index (χ0n) is 6.74. The highest BCUT2D eigenvalue weighted by Crippen LogP contribution is 2.27. The maximum atomic E-state index is 12.6. The molecule has 1 unspecified atom stereocenters. The van der Waals surface area contributed by atoms with Crippen molar-refractivity contribution >= 4 is 5.97 Å². The van der Waals surface area contributed by atoms with Gasteiger partial charge in [-0.3, -0.25) is 0 Å². The Labute approximate surface area is 74.6 Å². The number of ether oxygens (including phenoxy) is 1. The van der Waals surface area contributed by atoms with Crippen LogP contribution in [0.15, 0.2) is 42.2 Å². The van der Waals surface area contributed by atoms with Crippen LogP contribution in [0, 0.1) is 0 Å². The van der Waals surface area contributed by atoms with Crippen molar-refractivity contribution in [3.8, 4) is 0 Å². The summed E-state index contributed by atoms with van der Waals surface area (Å²) in [5, 5.41) is 0. The van der Waals surface area contributed by atoms with Crippen LogP contribution in [-0.2, 0) is 9.53 Å². The molecule has 0 bridgehead atoms. The van der Waals surface area contributed by atoms with Gasteiger partial charge in [0.25, 0.3) is 0 Å². The normalized spacial score (nSPS) is 21.2. The minimum absolute atomic E-state index is 0.561. The van der Waals surface area contributed by atoms with E-state index >= 15 is 0 Å². The van der Waals surface area contributed by atoms with Crippen molar-refractivity contribution in [2.75, 3.05) is 0 Å². The van der Waals surface area contributed by atoms with Gasteiger partial charge >= 0.3 is 5.97 Å². The van der Waals surface area contributed by atoms with E-state index in [1.807, 2.05) is 18.2 Å². The molecule has 3 heteroatoms. The summed E-state index contributed by atoms with van der Waals surface area (Å²) in [7, 11) is 0. The molecule has 0 saturated heterocycles. The summed E-state index contributed by atoms with van der Waals surface area (Å²) in [4.78, 5) is 10.7. The monoisotopic (exact) mass is 178 g/mol. The molecule has 1 aromatic rings. The summed E-state index contributed by atoms with van der Waals surface area (Å²) in [6.07, 6.45) is 0.617. The van der Waals surface area contributed by atoms with Crippen molar-refractivity contribution < 1.29 is 13.9 Å². The second kappa shape index (κ2) is 3.01. The highest BCUT2D eigenvalue weighted by atomic mass is 19.1. The molecule has 1 aliphatic heterocycles. The molecule has 0 aliphatic carbocycles. The van der Waals surface area contributed by atoms with Crippen LogP contribution in [0.1, 0.15) is 11.7 Å². The van der Waals surface area contributed by atoms with Gasteiger partial charge in [-0.25, -0.2) is 4.79 Å². The second-order valence-corrected chi connectivity index (χ2v) is 2.75. The third-order valence-electron chi connectivity index (χ3n) is 1.85. The van der Waals surface area contributed by atoms with Crippen LogP contribution >= 0.6 is 0 Å². The van der Waals surface area contributed by atoms with E-state index < -0.39 is 17.9 Å². The van der Waals surface area contributed by atoms with Crippen molar-refractivity contribution in [1.82, 2.24) is 0 Å². The van der Waals surface area contributed by atoms with E-state index in [0.717, 1.165) is 5.56 Å². The molecule has 1 atom stereocenters. The summed E-state index contributed by atoms with van der Waals surface area (Å²) in [5.74, 6) is -1.69. The smallest absolute Gasteiger partial charge is 0.367 e. The largest absolute Gasteiger partial charge is 0.448 e. The lowest BCUT2D eigenvalue weighted by Crippen LogP contribution is -2.00. The molecule has 1 aromatic carbocycles. The molecule has 0 fully saturated rings. The molecule has 0 aromatic heterocycles. The fraction of sp³-hybridized carbons (Fsp3) is 0.100. The molecule has 2 nitrogen and oxygen atoms in total. The molecule has 0 N–H and O–H groups in total. The Balaban J connectivity index is 2.27. The lowest BCUT2D eigenvalue weighted by molar-refractivity contribution is -0.141. The summed E-state index contributed by atoms with van der Waals surface area (Å²) in [5.41, 5.74) is 0.781. The lowest BCUT2D eigenvalue weighted by atomic mass is 10.1. The van der Waals surface area contributed by atoms with Crippen LogP contribution in [0.5, 0.6) is 0 Å². The first-order chi connectivity index (χ1) is 6.27. The lowest BCUT2D eigenvalue weighted by Gasteiger charge is -2.06. The topological polar surface area (TPSA) is 26.3 Å². The SMILES string of the molecule is O=C1OC(c2ccccc2)C=C1F. The van der Waals surface area contributed by atoms with Crippen LogP contribution in [0.2, 0.25) is 0 Å². The highest BCUT2D eigenvalue weighted by Gasteiger charge is 2.26. The van der Waals surface area contributed by atoms with Crippen LogP contribution < -0.4 is 0 Å². The van der Waals surface area contributed by atoms with Crippen LogP contribution in [0.4, 0.5) is 4.39 Å². The molecule has 1 aliphatic rings. The molecule has 1 heterocycles. The van der Waals surface area contributed by atoms with E-state index in [-0.39, 0.29) is 0 Å². The number of rotatable bonds is 1. The highest BCUT2D eigenvalue weighted by molar-refractivity contribution is 5.88. The Hall–Kier alpha value is -1.64. The standard InChI is InChI=1S/C10H7FO2/c11-8-6-9(13-10(8)12)7-4-2-1-3-5-7/h1-6,9H. The summed E-state index contributed by atoms with van der Waals surface area (Å²) in [6.45, 7) is 0. The van der Waals surface area contributed by atoms with Crippen molar-refractivity contribution in [3.05, 3.63) is 47.8 Å². The Bertz CT molecular complexity index is 356. The Kier molecular flexibility index (Phi) is 1.85. The summed E-state index contributed by atoms with van der Waals surface area (Å²) in [6, 6.07) is 9.04. The first-order valence-electron chi connectivity index (χ1n) is 3.90. The number of hydrogen-bond donors (Lipinski definition) is 0. The fourth-order valence-corrected chi connectivity index (χ4v) is 1.21. The average Bonchev–Trinajstić information content (AvgIpc) is 2.49. The molecular weight excluding hydrogens is 171 g/mol. The van der Waals surface area contributed by atoms with Gasteiger partial charge in [-0.2, -0.15) is 4.39 Å². The third-order valence-corrected chi connectivity index (χ3v) is 1.85. The maximum Gasteiger partial charge on any atom is 0.367 e. The van der Waals surface area contributed by atoms with Crippen molar-refractivity contribution in [3.63, 3.8) is 0 Å². The van der Waals surface area contributed by atoms with Gasteiger partial charge in [0.1, 0.15) is 6.10 Å². The van der Waals surface area contributed by atoms with E-state index in [2.05, 4.69) is 0 Å². The number of esters is 1. The van der Waals surface area contributed by atoms with Crippen molar-refractivity contribution in [2.45, 2.75) is 6.10 Å². The van der Waals surface area contributed by atoms with Gasteiger partial charge in [0.2, 0.25) is 5.83 Å². The first-order valence-corrected chi connectivity index (χ1v) is 3.90. The molecular formula is C10H7FO2. The minimum Gasteiger partial charge on any atom is -0.448 e. The van der Waals surface area contributed by atoms with Gasteiger partial charge in [0.05, 0.1) is 0 Å². The minimum atomic E-state index is -0.881. The second-order valence-electron chi connectivity index (χ2n) is 2.75. The van der Waals surface area contributed by atoms with Gasteiger partial charge in [0.15, 0.2) is 0 Å². The number of cyclic esters (lactones) is 1. The predicted octanol–water partition coefficient (Wildman–Crippen LogP) is 2.14. The Morgan fingerprint density at radius 1 is 1.23 bits per heavy atom. The Morgan fingerprint density at radius 3 is 2.46 bits per heavy atom. The molecule has 0 spiro atoms. The van der Waals surface area contributed by atoms with E-state index in [1.165, 1.54) is 6.08 Å². The van der Waals surface area contributed by atoms with Crippen LogP contribution in [-0.4, -0.2) is 5.97 Å². The van der Waals surface area contributed by atoms with E-state index in [1.54, 1.807) is 12.1 Å². The van der Waals surface area contributed by atoms with Crippen LogP contribution in [0.25, 0.3) is 0 Å². The molecule has 13 heavy (non-hydrogen) atoms. The van der Waals surface area contributed by atoms with Gasteiger partial charge in [0, 0.05) is 6.08 Å².